The van der Waals surface area contributed by atoms with Crippen molar-refractivity contribution in [2.75, 3.05) is 53.0 Å². The van der Waals surface area contributed by atoms with E-state index < -0.39 is 6.10 Å². The second kappa shape index (κ2) is 8.81. The molecule has 0 bridgehead atoms. The van der Waals surface area contributed by atoms with Crippen molar-refractivity contribution in [3.05, 3.63) is 23.9 Å². The van der Waals surface area contributed by atoms with E-state index in [2.05, 4.69) is 9.88 Å². The molecule has 1 aromatic rings. The summed E-state index contributed by atoms with van der Waals surface area (Å²) < 4.78 is 10.2. The van der Waals surface area contributed by atoms with Gasteiger partial charge in [0.15, 0.2) is 0 Å². The van der Waals surface area contributed by atoms with E-state index in [1.54, 1.807) is 25.4 Å². The third-order valence-corrected chi connectivity index (χ3v) is 3.84. The van der Waals surface area contributed by atoms with E-state index in [4.69, 9.17) is 9.47 Å². The Hall–Kier alpha value is -1.70. The van der Waals surface area contributed by atoms with Gasteiger partial charge in [-0.15, -0.1) is 0 Å². The van der Waals surface area contributed by atoms with E-state index in [0.29, 0.717) is 44.3 Å². The minimum Gasteiger partial charge on any atom is -0.481 e. The van der Waals surface area contributed by atoms with Crippen LogP contribution in [-0.2, 0) is 4.74 Å². The van der Waals surface area contributed by atoms with Gasteiger partial charge in [-0.3, -0.25) is 9.69 Å². The number of aromatic nitrogens is 1. The van der Waals surface area contributed by atoms with Crippen LogP contribution in [0.15, 0.2) is 18.3 Å². The monoisotopic (exact) mass is 323 g/mol. The van der Waals surface area contributed by atoms with E-state index in [0.717, 1.165) is 13.1 Å². The Bertz CT molecular complexity index is 487. The number of piperazine rings is 1. The highest BCUT2D eigenvalue weighted by Crippen LogP contribution is 2.11. The summed E-state index contributed by atoms with van der Waals surface area (Å²) in [6.45, 7) is 6.23. The van der Waals surface area contributed by atoms with Crippen molar-refractivity contribution in [2.45, 2.75) is 13.0 Å². The zero-order valence-electron chi connectivity index (χ0n) is 13.8. The molecule has 1 atom stereocenters. The number of ether oxygens (including phenoxy) is 2. The van der Waals surface area contributed by atoms with Crippen molar-refractivity contribution < 1.29 is 19.4 Å². The molecule has 1 aromatic heterocycles. The van der Waals surface area contributed by atoms with Crippen molar-refractivity contribution >= 4 is 5.91 Å². The van der Waals surface area contributed by atoms with E-state index in [-0.39, 0.29) is 5.91 Å². The number of hydrogen-bond donors (Lipinski definition) is 1. The molecule has 1 aliphatic heterocycles. The van der Waals surface area contributed by atoms with Crippen LogP contribution in [0.1, 0.15) is 17.3 Å². The van der Waals surface area contributed by atoms with Gasteiger partial charge in [-0.05, 0) is 13.0 Å². The molecule has 23 heavy (non-hydrogen) atoms. The molecule has 1 saturated heterocycles. The number of methoxy groups -OCH3 is 1. The molecule has 1 aliphatic rings. The Labute approximate surface area is 136 Å². The quantitative estimate of drug-likeness (QED) is 0.775. The molecule has 7 heteroatoms. The number of carbonyl (C=O) groups excluding carboxylic acids is 1. The lowest BCUT2D eigenvalue weighted by molar-refractivity contribution is 0.0111. The van der Waals surface area contributed by atoms with Crippen molar-refractivity contribution in [1.29, 1.82) is 0 Å². The van der Waals surface area contributed by atoms with Gasteiger partial charge < -0.3 is 19.5 Å². The van der Waals surface area contributed by atoms with Crippen LogP contribution in [0.2, 0.25) is 0 Å². The number of aliphatic hydroxyl groups is 1. The summed E-state index contributed by atoms with van der Waals surface area (Å²) in [5.74, 6) is 0.476. The molecule has 0 aromatic carbocycles. The first-order valence-electron chi connectivity index (χ1n) is 7.91. The van der Waals surface area contributed by atoms with E-state index in [1.165, 1.54) is 0 Å². The maximum atomic E-state index is 12.4. The van der Waals surface area contributed by atoms with Gasteiger partial charge in [-0.25, -0.2) is 4.98 Å². The molecular weight excluding hydrogens is 298 g/mol. The zero-order valence-corrected chi connectivity index (χ0v) is 13.8. The smallest absolute Gasteiger partial charge is 0.255 e. The summed E-state index contributed by atoms with van der Waals surface area (Å²) in [7, 11) is 1.54. The molecule has 1 unspecified atom stereocenters. The molecule has 7 nitrogen and oxygen atoms in total. The molecule has 1 N–H and O–H groups in total. The Kier molecular flexibility index (Phi) is 6.76. The molecule has 0 radical (unpaired) electrons. The lowest BCUT2D eigenvalue weighted by atomic mass is 10.2. The van der Waals surface area contributed by atoms with Crippen LogP contribution in [0.3, 0.4) is 0 Å². The SMILES string of the molecule is CCOCC(O)CN1CCN(C(=O)c2ccc(OC)nc2)CC1. The third kappa shape index (κ3) is 5.16. The fraction of sp³-hybridized carbons (Fsp3) is 0.625. The molecule has 128 valence electrons. The van der Waals surface area contributed by atoms with Gasteiger partial charge in [-0.1, -0.05) is 0 Å². The molecule has 0 aliphatic carbocycles. The van der Waals surface area contributed by atoms with Gasteiger partial charge in [0, 0.05) is 51.6 Å². The summed E-state index contributed by atoms with van der Waals surface area (Å²) in [5.41, 5.74) is 0.565. The average molecular weight is 323 g/mol. The second-order valence-corrected chi connectivity index (χ2v) is 5.50. The first kappa shape index (κ1) is 17.7. The van der Waals surface area contributed by atoms with Gasteiger partial charge >= 0.3 is 0 Å². The van der Waals surface area contributed by atoms with Gasteiger partial charge in [0.2, 0.25) is 5.88 Å². The Morgan fingerprint density at radius 3 is 2.65 bits per heavy atom. The Morgan fingerprint density at radius 2 is 2.09 bits per heavy atom. The molecular formula is C16H25N3O4. The average Bonchev–Trinajstić information content (AvgIpc) is 2.60. The molecule has 0 spiro atoms. The number of aliphatic hydroxyl groups excluding tert-OH is 1. The van der Waals surface area contributed by atoms with Gasteiger partial charge in [0.25, 0.3) is 5.91 Å². The third-order valence-electron chi connectivity index (χ3n) is 3.84. The number of amides is 1. The zero-order chi connectivity index (χ0) is 16.7. The lowest BCUT2D eigenvalue weighted by Crippen LogP contribution is -2.50. The Morgan fingerprint density at radius 1 is 1.35 bits per heavy atom. The minimum absolute atomic E-state index is 0.0188. The van der Waals surface area contributed by atoms with Crippen LogP contribution in [0.25, 0.3) is 0 Å². The molecule has 2 heterocycles. The fourth-order valence-corrected chi connectivity index (χ4v) is 2.55. The first-order chi connectivity index (χ1) is 11.1. The molecule has 1 amide bonds. The highest BCUT2D eigenvalue weighted by molar-refractivity contribution is 5.94. The summed E-state index contributed by atoms with van der Waals surface area (Å²) in [6.07, 6.45) is 1.06. The number of β-amino-alcohol motifs (C(OH)–C–C–N with tert-alkyl or cyclic N) is 1. The Balaban J connectivity index is 1.80. The van der Waals surface area contributed by atoms with E-state index >= 15 is 0 Å². The van der Waals surface area contributed by atoms with Gasteiger partial charge in [0.05, 0.1) is 25.4 Å². The van der Waals surface area contributed by atoms with Gasteiger partial charge in [-0.2, -0.15) is 0 Å². The topological polar surface area (TPSA) is 75.1 Å². The number of pyridine rings is 1. The maximum absolute atomic E-state index is 12.4. The maximum Gasteiger partial charge on any atom is 0.255 e. The predicted octanol–water partition coefficient (Wildman–Crippen LogP) is 0.245. The van der Waals surface area contributed by atoms with Crippen molar-refractivity contribution in [3.63, 3.8) is 0 Å². The second-order valence-electron chi connectivity index (χ2n) is 5.50. The highest BCUT2D eigenvalue weighted by Gasteiger charge is 2.23. The summed E-state index contributed by atoms with van der Waals surface area (Å²) in [5, 5.41) is 9.87. The van der Waals surface area contributed by atoms with Crippen molar-refractivity contribution in [1.82, 2.24) is 14.8 Å². The van der Waals surface area contributed by atoms with E-state index in [9.17, 15) is 9.90 Å². The van der Waals surface area contributed by atoms with E-state index in [1.807, 2.05) is 11.8 Å². The van der Waals surface area contributed by atoms with Crippen LogP contribution in [0, 0.1) is 0 Å². The predicted molar refractivity (Wildman–Crippen MR) is 85.6 cm³/mol. The summed E-state index contributed by atoms with van der Waals surface area (Å²) in [6, 6.07) is 3.42. The molecule has 0 saturated carbocycles. The first-order valence-corrected chi connectivity index (χ1v) is 7.91. The molecule has 1 fully saturated rings. The van der Waals surface area contributed by atoms with Crippen LogP contribution in [0.4, 0.5) is 0 Å². The highest BCUT2D eigenvalue weighted by atomic mass is 16.5. The normalized spacial score (nSPS) is 17.1. The van der Waals surface area contributed by atoms with Crippen LogP contribution in [-0.4, -0.2) is 84.9 Å². The number of hydrogen-bond acceptors (Lipinski definition) is 6. The molecule has 2 rings (SSSR count). The van der Waals surface area contributed by atoms with Crippen molar-refractivity contribution in [3.8, 4) is 5.88 Å². The van der Waals surface area contributed by atoms with Crippen LogP contribution < -0.4 is 4.74 Å². The number of nitrogens with zero attached hydrogens (tertiary/aromatic N) is 3. The largest absolute Gasteiger partial charge is 0.481 e. The number of carbonyl (C=O) groups is 1. The van der Waals surface area contributed by atoms with Gasteiger partial charge in [0.1, 0.15) is 0 Å². The summed E-state index contributed by atoms with van der Waals surface area (Å²) in [4.78, 5) is 20.5. The fourth-order valence-electron chi connectivity index (χ4n) is 2.55. The minimum atomic E-state index is -0.483. The number of rotatable bonds is 7. The van der Waals surface area contributed by atoms with Crippen LogP contribution in [0.5, 0.6) is 5.88 Å². The van der Waals surface area contributed by atoms with Crippen LogP contribution >= 0.6 is 0 Å². The summed E-state index contributed by atoms with van der Waals surface area (Å²) >= 11 is 0. The van der Waals surface area contributed by atoms with Crippen molar-refractivity contribution in [2.24, 2.45) is 0 Å². The lowest BCUT2D eigenvalue weighted by Gasteiger charge is -2.35. The standard InChI is InChI=1S/C16H25N3O4/c1-3-23-12-14(20)11-18-6-8-19(9-7-18)16(21)13-4-5-15(22-2)17-10-13/h4-5,10,14,20H,3,6-9,11-12H2,1-2H3.